The molecular formula is C11H25N. The fourth-order valence-electron chi connectivity index (χ4n) is 1.67. The Morgan fingerprint density at radius 1 is 1.25 bits per heavy atom. The van der Waals surface area contributed by atoms with Gasteiger partial charge in [0.05, 0.1) is 0 Å². The van der Waals surface area contributed by atoms with E-state index in [1.54, 1.807) is 0 Å². The van der Waals surface area contributed by atoms with E-state index < -0.39 is 0 Å². The summed E-state index contributed by atoms with van der Waals surface area (Å²) < 4.78 is 0. The van der Waals surface area contributed by atoms with Gasteiger partial charge in [-0.05, 0) is 24.8 Å². The maximum absolute atomic E-state index is 5.66. The highest BCUT2D eigenvalue weighted by atomic mass is 14.5. The average molecular weight is 171 g/mol. The lowest BCUT2D eigenvalue weighted by atomic mass is 9.90. The van der Waals surface area contributed by atoms with Gasteiger partial charge in [-0.2, -0.15) is 0 Å². The molecule has 0 aromatic carbocycles. The van der Waals surface area contributed by atoms with Crippen molar-refractivity contribution in [1.29, 1.82) is 0 Å². The van der Waals surface area contributed by atoms with Crippen LogP contribution in [0.1, 0.15) is 52.9 Å². The molecule has 0 saturated heterocycles. The number of nitrogens with two attached hydrogens (primary N) is 1. The molecule has 0 unspecified atom stereocenters. The predicted octanol–water partition coefficient (Wildman–Crippen LogP) is 3.19. The Morgan fingerprint density at radius 3 is 2.33 bits per heavy atom. The first-order chi connectivity index (χ1) is 5.74. The molecule has 0 aliphatic rings. The molecule has 0 aliphatic heterocycles. The summed E-state index contributed by atoms with van der Waals surface area (Å²) in [6.07, 6.45) is 6.65. The van der Waals surface area contributed by atoms with Crippen molar-refractivity contribution in [3.63, 3.8) is 0 Å². The van der Waals surface area contributed by atoms with E-state index in [-0.39, 0.29) is 0 Å². The highest BCUT2D eigenvalue weighted by Gasteiger charge is 2.08. The monoisotopic (exact) mass is 171 g/mol. The molecule has 0 saturated carbocycles. The smallest absolute Gasteiger partial charge is 0.00489 e. The lowest BCUT2D eigenvalue weighted by Crippen LogP contribution is -2.16. The fourth-order valence-corrected chi connectivity index (χ4v) is 1.67. The molecule has 0 spiro atoms. The summed E-state index contributed by atoms with van der Waals surface area (Å²) in [4.78, 5) is 0. The van der Waals surface area contributed by atoms with Crippen molar-refractivity contribution in [2.24, 2.45) is 17.6 Å². The third-order valence-electron chi connectivity index (χ3n) is 2.70. The third kappa shape index (κ3) is 5.59. The van der Waals surface area contributed by atoms with Crippen LogP contribution in [-0.4, -0.2) is 6.54 Å². The Labute approximate surface area is 77.7 Å². The zero-order valence-corrected chi connectivity index (χ0v) is 8.97. The van der Waals surface area contributed by atoms with Crippen LogP contribution in [0.5, 0.6) is 0 Å². The maximum atomic E-state index is 5.66. The van der Waals surface area contributed by atoms with E-state index in [1.165, 1.54) is 32.1 Å². The van der Waals surface area contributed by atoms with Crippen LogP contribution >= 0.6 is 0 Å². The summed E-state index contributed by atoms with van der Waals surface area (Å²) in [6.45, 7) is 7.72. The van der Waals surface area contributed by atoms with Gasteiger partial charge in [0.1, 0.15) is 0 Å². The van der Waals surface area contributed by atoms with Crippen molar-refractivity contribution in [2.45, 2.75) is 52.9 Å². The summed E-state index contributed by atoms with van der Waals surface area (Å²) in [5.41, 5.74) is 5.66. The topological polar surface area (TPSA) is 26.0 Å². The Hall–Kier alpha value is -0.0400. The van der Waals surface area contributed by atoms with E-state index in [1.807, 2.05) is 0 Å². The molecular weight excluding hydrogens is 146 g/mol. The van der Waals surface area contributed by atoms with Crippen molar-refractivity contribution >= 4 is 0 Å². The molecule has 0 amide bonds. The molecule has 0 heterocycles. The van der Waals surface area contributed by atoms with Crippen LogP contribution in [0.3, 0.4) is 0 Å². The summed E-state index contributed by atoms with van der Waals surface area (Å²) in [5, 5.41) is 0. The van der Waals surface area contributed by atoms with Crippen LogP contribution in [0.25, 0.3) is 0 Å². The number of unbranched alkanes of at least 4 members (excludes halogenated alkanes) is 1. The molecule has 12 heavy (non-hydrogen) atoms. The Bertz CT molecular complexity index is 87.0. The van der Waals surface area contributed by atoms with Crippen molar-refractivity contribution in [3.8, 4) is 0 Å². The SMILES string of the molecule is CCCC[C@H](C)C[C@@H](CC)CN. The van der Waals surface area contributed by atoms with Crippen LogP contribution in [0.15, 0.2) is 0 Å². The zero-order chi connectivity index (χ0) is 9.40. The number of hydrogen-bond donors (Lipinski definition) is 1. The molecule has 0 aliphatic carbocycles. The first-order valence-corrected chi connectivity index (χ1v) is 5.44. The summed E-state index contributed by atoms with van der Waals surface area (Å²) in [6, 6.07) is 0. The Kier molecular flexibility index (Phi) is 7.58. The predicted molar refractivity (Wildman–Crippen MR) is 56.1 cm³/mol. The van der Waals surface area contributed by atoms with E-state index in [0.717, 1.165) is 18.4 Å². The molecule has 0 aromatic rings. The lowest BCUT2D eigenvalue weighted by molar-refractivity contribution is 0.364. The Morgan fingerprint density at radius 2 is 1.92 bits per heavy atom. The van der Waals surface area contributed by atoms with Crippen LogP contribution in [-0.2, 0) is 0 Å². The second-order valence-electron chi connectivity index (χ2n) is 3.99. The van der Waals surface area contributed by atoms with Gasteiger partial charge in [0, 0.05) is 0 Å². The number of rotatable bonds is 7. The summed E-state index contributed by atoms with van der Waals surface area (Å²) in [7, 11) is 0. The van der Waals surface area contributed by atoms with Crippen LogP contribution in [0.2, 0.25) is 0 Å². The Balaban J connectivity index is 3.44. The summed E-state index contributed by atoms with van der Waals surface area (Å²) in [5.74, 6) is 1.63. The molecule has 0 aromatic heterocycles. The molecule has 1 nitrogen and oxygen atoms in total. The second kappa shape index (κ2) is 7.60. The first-order valence-electron chi connectivity index (χ1n) is 5.44. The third-order valence-corrected chi connectivity index (χ3v) is 2.70. The molecule has 2 N–H and O–H groups in total. The minimum atomic E-state index is 0.761. The highest BCUT2D eigenvalue weighted by Crippen LogP contribution is 2.19. The molecule has 0 rings (SSSR count). The maximum Gasteiger partial charge on any atom is -0.00489 e. The van der Waals surface area contributed by atoms with Gasteiger partial charge in [0.25, 0.3) is 0 Å². The first kappa shape index (κ1) is 12.0. The van der Waals surface area contributed by atoms with Gasteiger partial charge in [0.2, 0.25) is 0 Å². The van der Waals surface area contributed by atoms with E-state index in [2.05, 4.69) is 20.8 Å². The van der Waals surface area contributed by atoms with Crippen LogP contribution in [0.4, 0.5) is 0 Å². The van der Waals surface area contributed by atoms with Gasteiger partial charge < -0.3 is 5.73 Å². The van der Waals surface area contributed by atoms with E-state index in [9.17, 15) is 0 Å². The van der Waals surface area contributed by atoms with Crippen molar-refractivity contribution < 1.29 is 0 Å². The molecule has 1 heteroatoms. The van der Waals surface area contributed by atoms with Crippen molar-refractivity contribution in [1.82, 2.24) is 0 Å². The van der Waals surface area contributed by atoms with Gasteiger partial charge in [-0.1, -0.05) is 46.5 Å². The molecule has 74 valence electrons. The molecule has 2 atom stereocenters. The van der Waals surface area contributed by atoms with Gasteiger partial charge in [-0.25, -0.2) is 0 Å². The molecule has 0 bridgehead atoms. The van der Waals surface area contributed by atoms with Crippen molar-refractivity contribution in [3.05, 3.63) is 0 Å². The molecule has 0 radical (unpaired) electrons. The van der Waals surface area contributed by atoms with Gasteiger partial charge in [-0.3, -0.25) is 0 Å². The quantitative estimate of drug-likeness (QED) is 0.625. The minimum Gasteiger partial charge on any atom is -0.330 e. The van der Waals surface area contributed by atoms with Crippen LogP contribution in [0, 0.1) is 11.8 Å². The van der Waals surface area contributed by atoms with E-state index in [0.29, 0.717) is 0 Å². The second-order valence-corrected chi connectivity index (χ2v) is 3.99. The van der Waals surface area contributed by atoms with Gasteiger partial charge in [-0.15, -0.1) is 0 Å². The van der Waals surface area contributed by atoms with Gasteiger partial charge in [0.15, 0.2) is 0 Å². The average Bonchev–Trinajstić information content (AvgIpc) is 2.10. The standard InChI is InChI=1S/C11H25N/c1-4-6-7-10(3)8-11(5-2)9-12/h10-11H,4-9,12H2,1-3H3/t10-,11+/m0/s1. The zero-order valence-electron chi connectivity index (χ0n) is 8.97. The number of hydrogen-bond acceptors (Lipinski definition) is 1. The van der Waals surface area contributed by atoms with E-state index in [4.69, 9.17) is 5.73 Å². The highest BCUT2D eigenvalue weighted by molar-refractivity contribution is 4.62. The molecule has 0 fully saturated rings. The normalized spacial score (nSPS) is 16.0. The van der Waals surface area contributed by atoms with Gasteiger partial charge >= 0.3 is 0 Å². The van der Waals surface area contributed by atoms with Crippen molar-refractivity contribution in [2.75, 3.05) is 6.54 Å². The lowest BCUT2D eigenvalue weighted by Gasteiger charge is -2.17. The summed E-state index contributed by atoms with van der Waals surface area (Å²) >= 11 is 0. The minimum absolute atomic E-state index is 0.761. The largest absolute Gasteiger partial charge is 0.330 e. The van der Waals surface area contributed by atoms with E-state index >= 15 is 0 Å². The fraction of sp³-hybridized carbons (Fsp3) is 1.00. The van der Waals surface area contributed by atoms with Crippen LogP contribution < -0.4 is 5.73 Å².